The maximum atomic E-state index is 13.0. The number of rotatable bonds is 6. The van der Waals surface area contributed by atoms with E-state index < -0.39 is 36.1 Å². The molecule has 3 N–H and O–H groups in total. The second-order valence-electron chi connectivity index (χ2n) is 6.70. The van der Waals surface area contributed by atoms with Gasteiger partial charge in [-0.3, -0.25) is 9.59 Å². The van der Waals surface area contributed by atoms with Crippen molar-refractivity contribution in [3.63, 3.8) is 0 Å². The first-order valence-electron chi connectivity index (χ1n) is 8.40. The maximum absolute atomic E-state index is 13.0. The van der Waals surface area contributed by atoms with Crippen LogP contribution >= 0.6 is 0 Å². The number of carbonyl (C=O) groups excluding carboxylic acids is 2. The molecule has 1 saturated carbocycles. The number of piperidine rings is 1. The van der Waals surface area contributed by atoms with Crippen LogP contribution in [0.1, 0.15) is 10.4 Å². The highest BCUT2D eigenvalue weighted by Crippen LogP contribution is 2.55. The zero-order chi connectivity index (χ0) is 19.3. The smallest absolute Gasteiger partial charge is 0.252 e. The predicted molar refractivity (Wildman–Crippen MR) is 90.7 cm³/mol. The van der Waals surface area contributed by atoms with E-state index in [0.717, 1.165) is 0 Å². The summed E-state index contributed by atoms with van der Waals surface area (Å²) in [5.74, 6) is -2.38. The van der Waals surface area contributed by atoms with Gasteiger partial charge in [0.25, 0.3) is 5.91 Å². The van der Waals surface area contributed by atoms with Crippen molar-refractivity contribution in [1.29, 1.82) is 0 Å². The number of nitrogens with two attached hydrogens (primary N) is 1. The fraction of sp³-hybridized carbons (Fsp3) is 0.389. The summed E-state index contributed by atoms with van der Waals surface area (Å²) in [7, 11) is 1.41. The first kappa shape index (κ1) is 17.4. The van der Waals surface area contributed by atoms with E-state index in [9.17, 15) is 18.4 Å². The molecule has 1 aliphatic heterocycles. The Hall–Kier alpha value is -2.97. The Morgan fingerprint density at radius 3 is 2.81 bits per heavy atom. The van der Waals surface area contributed by atoms with Crippen LogP contribution in [0.5, 0.6) is 11.6 Å². The van der Waals surface area contributed by atoms with E-state index in [1.807, 2.05) is 0 Å². The Morgan fingerprint density at radius 1 is 1.41 bits per heavy atom. The number of methoxy groups -OCH3 is 1. The number of pyridine rings is 1. The lowest BCUT2D eigenvalue weighted by molar-refractivity contribution is -0.122. The Kier molecular flexibility index (Phi) is 4.09. The lowest BCUT2D eigenvalue weighted by atomic mass is 10.1. The molecule has 1 aliphatic carbocycles. The molecule has 27 heavy (non-hydrogen) atoms. The molecule has 2 aromatic rings. The van der Waals surface area contributed by atoms with Crippen molar-refractivity contribution < 1.29 is 27.8 Å². The van der Waals surface area contributed by atoms with Crippen LogP contribution in [0, 0.1) is 17.8 Å². The second kappa shape index (κ2) is 6.33. The number of primary amides is 1. The number of nitrogens with zero attached hydrogens (tertiary/aromatic N) is 1. The SMILES string of the molecule is COc1cc2c(OCC3NC(=O)C4C(C(F)F)C34)nccc2cc1C(N)=O. The fourth-order valence-corrected chi connectivity index (χ4v) is 3.90. The van der Waals surface area contributed by atoms with Crippen molar-refractivity contribution in [2.24, 2.45) is 23.5 Å². The van der Waals surface area contributed by atoms with E-state index in [2.05, 4.69) is 10.3 Å². The van der Waals surface area contributed by atoms with Crippen LogP contribution in [0.3, 0.4) is 0 Å². The summed E-state index contributed by atoms with van der Waals surface area (Å²) in [6.45, 7) is 0.0299. The number of hydrogen-bond acceptors (Lipinski definition) is 5. The van der Waals surface area contributed by atoms with E-state index in [4.69, 9.17) is 15.2 Å². The number of amides is 2. The van der Waals surface area contributed by atoms with Crippen LogP contribution in [-0.4, -0.2) is 43.0 Å². The number of fused-ring (bicyclic) bond motifs is 2. The molecule has 1 aromatic carbocycles. The average Bonchev–Trinajstić information content (AvgIpc) is 3.32. The third-order valence-electron chi connectivity index (χ3n) is 5.23. The van der Waals surface area contributed by atoms with E-state index >= 15 is 0 Å². The third kappa shape index (κ3) is 2.83. The first-order valence-corrected chi connectivity index (χ1v) is 8.40. The molecule has 0 spiro atoms. The van der Waals surface area contributed by atoms with E-state index in [1.165, 1.54) is 13.3 Å². The van der Waals surface area contributed by atoms with Crippen molar-refractivity contribution in [1.82, 2.24) is 10.3 Å². The topological polar surface area (TPSA) is 104 Å². The highest BCUT2D eigenvalue weighted by molar-refractivity contribution is 6.01. The molecule has 4 unspecified atom stereocenters. The van der Waals surface area contributed by atoms with Gasteiger partial charge in [0, 0.05) is 23.4 Å². The van der Waals surface area contributed by atoms with Crippen LogP contribution in [0.15, 0.2) is 24.4 Å². The normalized spacial score (nSPS) is 26.0. The molecule has 7 nitrogen and oxygen atoms in total. The summed E-state index contributed by atoms with van der Waals surface area (Å²) in [6.07, 6.45) is -1.01. The lowest BCUT2D eigenvalue weighted by Crippen LogP contribution is -2.38. The van der Waals surface area contributed by atoms with Crippen LogP contribution in [-0.2, 0) is 4.79 Å². The Balaban J connectivity index is 1.58. The Morgan fingerprint density at radius 2 is 2.19 bits per heavy atom. The minimum Gasteiger partial charge on any atom is -0.496 e. The molecule has 4 rings (SSSR count). The van der Waals surface area contributed by atoms with Gasteiger partial charge in [0.1, 0.15) is 12.4 Å². The number of hydrogen-bond donors (Lipinski definition) is 2. The molecule has 2 heterocycles. The summed E-state index contributed by atoms with van der Waals surface area (Å²) < 4.78 is 36.9. The van der Waals surface area contributed by atoms with Gasteiger partial charge in [0.2, 0.25) is 18.2 Å². The minimum absolute atomic E-state index is 0.0299. The number of alkyl halides is 2. The van der Waals surface area contributed by atoms with Gasteiger partial charge in [-0.25, -0.2) is 13.8 Å². The van der Waals surface area contributed by atoms with Gasteiger partial charge in [-0.15, -0.1) is 0 Å². The zero-order valence-corrected chi connectivity index (χ0v) is 14.3. The molecule has 1 aromatic heterocycles. The molecule has 2 aliphatic rings. The molecule has 4 atom stereocenters. The van der Waals surface area contributed by atoms with Crippen molar-refractivity contribution in [3.8, 4) is 11.6 Å². The summed E-state index contributed by atoms with van der Waals surface area (Å²) in [4.78, 5) is 27.5. The third-order valence-corrected chi connectivity index (χ3v) is 5.23. The average molecular weight is 377 g/mol. The highest BCUT2D eigenvalue weighted by Gasteiger charge is 2.67. The van der Waals surface area contributed by atoms with Gasteiger partial charge in [-0.05, 0) is 23.6 Å². The molecular formula is C18H17F2N3O4. The quantitative estimate of drug-likeness (QED) is 0.791. The molecular weight excluding hydrogens is 360 g/mol. The highest BCUT2D eigenvalue weighted by atomic mass is 19.3. The van der Waals surface area contributed by atoms with Crippen LogP contribution in [0.25, 0.3) is 10.8 Å². The number of halogens is 2. The van der Waals surface area contributed by atoms with Crippen LogP contribution in [0.4, 0.5) is 8.78 Å². The second-order valence-corrected chi connectivity index (χ2v) is 6.70. The lowest BCUT2D eigenvalue weighted by Gasteiger charge is -2.17. The molecule has 142 valence electrons. The van der Waals surface area contributed by atoms with Gasteiger partial charge in [-0.2, -0.15) is 0 Å². The van der Waals surface area contributed by atoms with E-state index in [1.54, 1.807) is 18.2 Å². The summed E-state index contributed by atoms with van der Waals surface area (Å²) in [6, 6.07) is 4.37. The summed E-state index contributed by atoms with van der Waals surface area (Å²) in [5.41, 5.74) is 5.59. The minimum atomic E-state index is -2.51. The van der Waals surface area contributed by atoms with Gasteiger partial charge in [0.15, 0.2) is 0 Å². The van der Waals surface area contributed by atoms with Crippen molar-refractivity contribution in [2.45, 2.75) is 12.5 Å². The Bertz CT molecular complexity index is 936. The molecule has 0 radical (unpaired) electrons. The number of nitrogens with one attached hydrogen (secondary N) is 1. The van der Waals surface area contributed by atoms with Crippen molar-refractivity contribution in [3.05, 3.63) is 30.0 Å². The molecule has 2 amide bonds. The fourth-order valence-electron chi connectivity index (χ4n) is 3.90. The number of ether oxygens (including phenoxy) is 2. The van der Waals surface area contributed by atoms with E-state index in [-0.39, 0.29) is 29.7 Å². The summed E-state index contributed by atoms with van der Waals surface area (Å²) >= 11 is 0. The van der Waals surface area contributed by atoms with Crippen molar-refractivity contribution in [2.75, 3.05) is 13.7 Å². The first-order chi connectivity index (χ1) is 12.9. The standard InChI is InChI=1S/C18H17F2N3O4/c1-26-11-5-8-7(4-9(11)16(21)24)2-3-22-18(8)27-6-10-12-13(15(19)20)14(12)17(25)23-10/h2-5,10,12-15H,6H2,1H3,(H2,21,24)(H,23,25). The monoisotopic (exact) mass is 377 g/mol. The van der Waals surface area contributed by atoms with Gasteiger partial charge < -0.3 is 20.5 Å². The van der Waals surface area contributed by atoms with Gasteiger partial charge >= 0.3 is 0 Å². The van der Waals surface area contributed by atoms with Crippen LogP contribution < -0.4 is 20.5 Å². The molecule has 0 bridgehead atoms. The van der Waals surface area contributed by atoms with Gasteiger partial charge in [0.05, 0.1) is 24.6 Å². The molecule has 9 heteroatoms. The molecule has 2 fully saturated rings. The number of benzene rings is 1. The molecule has 1 saturated heterocycles. The maximum Gasteiger partial charge on any atom is 0.252 e. The predicted octanol–water partition coefficient (Wildman–Crippen LogP) is 1.35. The summed E-state index contributed by atoms with van der Waals surface area (Å²) in [5, 5.41) is 3.94. The van der Waals surface area contributed by atoms with Gasteiger partial charge in [-0.1, -0.05) is 0 Å². The zero-order valence-electron chi connectivity index (χ0n) is 14.3. The Labute approximate surface area is 152 Å². The van der Waals surface area contributed by atoms with E-state index in [0.29, 0.717) is 10.8 Å². The largest absolute Gasteiger partial charge is 0.496 e. The number of carbonyl (C=O) groups is 2. The van der Waals surface area contributed by atoms with Crippen molar-refractivity contribution >= 4 is 22.6 Å². The van der Waals surface area contributed by atoms with Crippen LogP contribution in [0.2, 0.25) is 0 Å². The number of aromatic nitrogens is 1.